The quantitative estimate of drug-likeness (QED) is 0.758. The maximum absolute atomic E-state index is 13.2. The lowest BCUT2D eigenvalue weighted by Crippen LogP contribution is -2.46. The van der Waals surface area contributed by atoms with Gasteiger partial charge < -0.3 is 4.90 Å². The lowest BCUT2D eigenvalue weighted by atomic mass is 10.0. The Kier molecular flexibility index (Phi) is 6.07. The van der Waals surface area contributed by atoms with Crippen molar-refractivity contribution in [3.05, 3.63) is 59.6 Å². The summed E-state index contributed by atoms with van der Waals surface area (Å²) in [5, 5.41) is 0.457. The van der Waals surface area contributed by atoms with E-state index >= 15 is 0 Å². The number of sulfonamides is 1. The van der Waals surface area contributed by atoms with Gasteiger partial charge >= 0.3 is 0 Å². The molecule has 5 nitrogen and oxygen atoms in total. The molecule has 0 radical (unpaired) electrons. The third-order valence-corrected chi connectivity index (χ3v) is 6.77. The summed E-state index contributed by atoms with van der Waals surface area (Å²) in [5.74, 6) is 0.253. The second kappa shape index (κ2) is 8.31. The van der Waals surface area contributed by atoms with Gasteiger partial charge in [-0.15, -0.1) is 0 Å². The summed E-state index contributed by atoms with van der Waals surface area (Å²) >= 11 is 5.89. The molecule has 0 aromatic heterocycles. The lowest BCUT2D eigenvalue weighted by Gasteiger charge is -2.33. The molecule has 0 saturated carbocycles. The summed E-state index contributed by atoms with van der Waals surface area (Å²) in [5.41, 5.74) is 0.464. The number of piperidine rings is 1. The number of carbonyl (C=O) groups excluding carboxylic acids is 1. The van der Waals surface area contributed by atoms with Gasteiger partial charge in [-0.3, -0.25) is 9.10 Å². The van der Waals surface area contributed by atoms with Crippen LogP contribution >= 0.6 is 11.6 Å². The van der Waals surface area contributed by atoms with Gasteiger partial charge in [0.1, 0.15) is 6.54 Å². The third kappa shape index (κ3) is 4.62. The van der Waals surface area contributed by atoms with E-state index in [-0.39, 0.29) is 17.3 Å². The van der Waals surface area contributed by atoms with Crippen molar-refractivity contribution in [1.29, 1.82) is 0 Å². The van der Waals surface area contributed by atoms with Gasteiger partial charge in [0.05, 0.1) is 10.6 Å². The van der Waals surface area contributed by atoms with Gasteiger partial charge in [0.25, 0.3) is 10.0 Å². The Hall–Kier alpha value is -2.05. The molecule has 2 aromatic carbocycles. The van der Waals surface area contributed by atoms with Crippen molar-refractivity contribution < 1.29 is 13.2 Å². The van der Waals surface area contributed by atoms with E-state index in [4.69, 9.17) is 11.6 Å². The first-order valence-electron chi connectivity index (χ1n) is 8.99. The number of amides is 1. The molecular formula is C20H23ClN2O3S. The maximum Gasteiger partial charge on any atom is 0.264 e. The highest BCUT2D eigenvalue weighted by Crippen LogP contribution is 2.25. The third-order valence-electron chi connectivity index (χ3n) is 4.73. The molecular weight excluding hydrogens is 384 g/mol. The summed E-state index contributed by atoms with van der Waals surface area (Å²) in [6, 6.07) is 14.7. The molecule has 7 heteroatoms. The monoisotopic (exact) mass is 406 g/mol. The van der Waals surface area contributed by atoms with E-state index in [2.05, 4.69) is 6.92 Å². The summed E-state index contributed by atoms with van der Waals surface area (Å²) in [6.07, 6.45) is 2.04. The Morgan fingerprint density at radius 1 is 1.15 bits per heavy atom. The number of nitrogens with zero attached hydrogens (tertiary/aromatic N) is 2. The number of anilines is 1. The van der Waals surface area contributed by atoms with E-state index in [0.29, 0.717) is 29.7 Å². The van der Waals surface area contributed by atoms with E-state index in [1.165, 1.54) is 28.6 Å². The van der Waals surface area contributed by atoms with Crippen molar-refractivity contribution in [2.45, 2.75) is 24.7 Å². The molecule has 0 unspecified atom stereocenters. The molecule has 1 saturated heterocycles. The van der Waals surface area contributed by atoms with Gasteiger partial charge in [0.2, 0.25) is 5.91 Å². The number of rotatable bonds is 5. The zero-order chi connectivity index (χ0) is 19.4. The molecule has 0 N–H and O–H groups in total. The number of likely N-dealkylation sites (tertiary alicyclic amines) is 1. The van der Waals surface area contributed by atoms with Crippen molar-refractivity contribution in [2.75, 3.05) is 23.9 Å². The number of halogens is 1. The van der Waals surface area contributed by atoms with Crippen LogP contribution in [0.15, 0.2) is 59.5 Å². The smallest absolute Gasteiger partial charge is 0.264 e. The number of para-hydroxylation sites is 1. The van der Waals surface area contributed by atoms with E-state index in [1.54, 1.807) is 29.2 Å². The van der Waals surface area contributed by atoms with E-state index in [0.717, 1.165) is 12.8 Å². The van der Waals surface area contributed by atoms with Crippen molar-refractivity contribution >= 4 is 33.2 Å². The Balaban J connectivity index is 1.92. The fourth-order valence-corrected chi connectivity index (χ4v) is 4.82. The highest BCUT2D eigenvalue weighted by Gasteiger charge is 2.30. The van der Waals surface area contributed by atoms with E-state index in [1.807, 2.05) is 6.07 Å². The SMILES string of the molecule is C[C@H]1CCCN(C(=O)CN(c2ccccc2)S(=O)(=O)c2ccc(Cl)cc2)C1. The average molecular weight is 407 g/mol. The van der Waals surface area contributed by atoms with Crippen molar-refractivity contribution in [2.24, 2.45) is 5.92 Å². The minimum atomic E-state index is -3.89. The van der Waals surface area contributed by atoms with Gasteiger partial charge in [-0.1, -0.05) is 36.7 Å². The molecule has 0 spiro atoms. The van der Waals surface area contributed by atoms with Crippen molar-refractivity contribution in [3.8, 4) is 0 Å². The first kappa shape index (κ1) is 19.7. The summed E-state index contributed by atoms with van der Waals surface area (Å²) in [7, 11) is -3.89. The molecule has 1 amide bonds. The fraction of sp³-hybridized carbons (Fsp3) is 0.350. The summed E-state index contributed by atoms with van der Waals surface area (Å²) < 4.78 is 27.7. The van der Waals surface area contributed by atoms with Crippen LogP contribution in [0.2, 0.25) is 5.02 Å². The van der Waals surface area contributed by atoms with Gasteiger partial charge in [0, 0.05) is 18.1 Å². The number of benzene rings is 2. The Morgan fingerprint density at radius 2 is 1.81 bits per heavy atom. The van der Waals surface area contributed by atoms with Crippen LogP contribution in [0.5, 0.6) is 0 Å². The average Bonchev–Trinajstić information content (AvgIpc) is 2.67. The molecule has 1 aliphatic heterocycles. The molecule has 1 atom stereocenters. The van der Waals surface area contributed by atoms with Gasteiger partial charge in [0.15, 0.2) is 0 Å². The van der Waals surface area contributed by atoms with Crippen LogP contribution in [-0.4, -0.2) is 38.9 Å². The van der Waals surface area contributed by atoms with Crippen LogP contribution in [0.3, 0.4) is 0 Å². The molecule has 144 valence electrons. The number of hydrogen-bond acceptors (Lipinski definition) is 3. The molecule has 3 rings (SSSR count). The normalized spacial score (nSPS) is 17.6. The van der Waals surface area contributed by atoms with Crippen molar-refractivity contribution in [3.63, 3.8) is 0 Å². The summed E-state index contributed by atoms with van der Waals surface area (Å²) in [6.45, 7) is 3.23. The molecule has 0 aliphatic carbocycles. The molecule has 0 bridgehead atoms. The van der Waals surface area contributed by atoms with E-state index < -0.39 is 10.0 Å². The van der Waals surface area contributed by atoms with Gasteiger partial charge in [-0.05, 0) is 55.2 Å². The topological polar surface area (TPSA) is 57.7 Å². The summed E-state index contributed by atoms with van der Waals surface area (Å²) in [4.78, 5) is 14.7. The van der Waals surface area contributed by atoms with Gasteiger partial charge in [-0.2, -0.15) is 0 Å². The Bertz CT molecular complexity index is 885. The number of hydrogen-bond donors (Lipinski definition) is 0. The fourth-order valence-electron chi connectivity index (χ4n) is 3.28. The van der Waals surface area contributed by atoms with Gasteiger partial charge in [-0.25, -0.2) is 8.42 Å². The zero-order valence-electron chi connectivity index (χ0n) is 15.2. The van der Waals surface area contributed by atoms with Crippen LogP contribution < -0.4 is 4.31 Å². The lowest BCUT2D eigenvalue weighted by molar-refractivity contribution is -0.131. The standard InChI is InChI=1S/C20H23ClN2O3S/c1-16-6-5-13-22(14-16)20(24)15-23(18-7-3-2-4-8-18)27(25,26)19-11-9-17(21)10-12-19/h2-4,7-12,16H,5-6,13-15H2,1H3/t16-/m0/s1. The highest BCUT2D eigenvalue weighted by atomic mass is 35.5. The first-order chi connectivity index (χ1) is 12.9. The minimum absolute atomic E-state index is 0.107. The Labute approximate surface area is 165 Å². The van der Waals surface area contributed by atoms with Crippen molar-refractivity contribution in [1.82, 2.24) is 4.90 Å². The molecule has 27 heavy (non-hydrogen) atoms. The van der Waals surface area contributed by atoms with Crippen LogP contribution in [0.1, 0.15) is 19.8 Å². The van der Waals surface area contributed by atoms with Crippen LogP contribution in [0, 0.1) is 5.92 Å². The predicted octanol–water partition coefficient (Wildman–Crippen LogP) is 3.79. The molecule has 1 heterocycles. The zero-order valence-corrected chi connectivity index (χ0v) is 16.8. The molecule has 2 aromatic rings. The second-order valence-corrected chi connectivity index (χ2v) is 9.19. The second-order valence-electron chi connectivity index (χ2n) is 6.89. The molecule has 1 aliphatic rings. The van der Waals surface area contributed by atoms with Crippen LogP contribution in [0.4, 0.5) is 5.69 Å². The highest BCUT2D eigenvalue weighted by molar-refractivity contribution is 7.92. The Morgan fingerprint density at radius 3 is 2.44 bits per heavy atom. The predicted molar refractivity (Wildman–Crippen MR) is 107 cm³/mol. The maximum atomic E-state index is 13.2. The minimum Gasteiger partial charge on any atom is -0.341 e. The van der Waals surface area contributed by atoms with Crippen LogP contribution in [-0.2, 0) is 14.8 Å². The number of carbonyl (C=O) groups is 1. The first-order valence-corrected chi connectivity index (χ1v) is 10.8. The van der Waals surface area contributed by atoms with E-state index in [9.17, 15) is 13.2 Å². The molecule has 1 fully saturated rings. The largest absolute Gasteiger partial charge is 0.341 e. The van der Waals surface area contributed by atoms with Crippen LogP contribution in [0.25, 0.3) is 0 Å².